The Kier molecular flexibility index (Phi) is 5.13. The van der Waals surface area contributed by atoms with Crippen molar-refractivity contribution in [1.29, 1.82) is 0 Å². The van der Waals surface area contributed by atoms with E-state index >= 15 is 0 Å². The monoisotopic (exact) mass is 427 g/mol. The molecule has 6 heteroatoms. The lowest BCUT2D eigenvalue weighted by Crippen LogP contribution is -2.04. The number of benzene rings is 3. The molecule has 0 unspecified atom stereocenters. The van der Waals surface area contributed by atoms with Crippen molar-refractivity contribution in [3.63, 3.8) is 0 Å². The molecule has 2 aromatic heterocycles. The molecule has 0 amide bonds. The van der Waals surface area contributed by atoms with Crippen LogP contribution in [0, 0.1) is 0 Å². The van der Waals surface area contributed by atoms with Crippen LogP contribution in [-0.2, 0) is 24.4 Å². The van der Waals surface area contributed by atoms with Crippen LogP contribution in [0.15, 0.2) is 82.0 Å². The summed E-state index contributed by atoms with van der Waals surface area (Å²) in [7, 11) is 0. The molecular formula is C26H21NO5. The van der Waals surface area contributed by atoms with Crippen molar-refractivity contribution in [2.24, 2.45) is 5.73 Å². The molecule has 3 aromatic carbocycles. The van der Waals surface area contributed by atoms with Gasteiger partial charge in [-0.15, -0.1) is 0 Å². The minimum atomic E-state index is -0.928. The first-order valence-corrected chi connectivity index (χ1v) is 10.3. The third-order valence-corrected chi connectivity index (χ3v) is 5.47. The standard InChI is InChI=1S/C26H21NO5/c27-14-16-2-1-3-19(10-16)22-12-17(11-21-7-9-30-24(21)22)15-32-26-20(13-23(28)29)5-4-18-6-8-31-25(18)26/h1-12H,13-15,27H2,(H,28,29). The maximum Gasteiger partial charge on any atom is 0.307 e. The molecular weight excluding hydrogens is 406 g/mol. The second-order valence-corrected chi connectivity index (χ2v) is 7.64. The van der Waals surface area contributed by atoms with E-state index in [9.17, 15) is 9.90 Å². The molecule has 0 aliphatic carbocycles. The number of rotatable bonds is 7. The molecule has 0 saturated heterocycles. The van der Waals surface area contributed by atoms with Gasteiger partial charge in [0.15, 0.2) is 11.3 Å². The largest absolute Gasteiger partial charge is 0.485 e. The van der Waals surface area contributed by atoms with Crippen molar-refractivity contribution in [3.8, 4) is 16.9 Å². The van der Waals surface area contributed by atoms with Crippen molar-refractivity contribution in [3.05, 3.63) is 89.9 Å². The SMILES string of the molecule is NCc1cccc(-c2cc(COc3c(CC(=O)O)ccc4ccoc34)cc3ccoc23)c1. The Morgan fingerprint density at radius 2 is 1.72 bits per heavy atom. The first-order valence-electron chi connectivity index (χ1n) is 10.3. The Morgan fingerprint density at radius 1 is 0.906 bits per heavy atom. The summed E-state index contributed by atoms with van der Waals surface area (Å²) >= 11 is 0. The normalized spacial score (nSPS) is 11.3. The molecule has 0 fully saturated rings. The van der Waals surface area contributed by atoms with Crippen LogP contribution < -0.4 is 10.5 Å². The summed E-state index contributed by atoms with van der Waals surface area (Å²) in [6.07, 6.45) is 3.09. The van der Waals surface area contributed by atoms with E-state index in [1.54, 1.807) is 18.6 Å². The zero-order valence-corrected chi connectivity index (χ0v) is 17.2. The van der Waals surface area contributed by atoms with Gasteiger partial charge in [-0.1, -0.05) is 30.3 Å². The van der Waals surface area contributed by atoms with Crippen molar-refractivity contribution in [1.82, 2.24) is 0 Å². The van der Waals surface area contributed by atoms with Gasteiger partial charge >= 0.3 is 5.97 Å². The summed E-state index contributed by atoms with van der Waals surface area (Å²) in [6, 6.07) is 19.4. The van der Waals surface area contributed by atoms with E-state index in [4.69, 9.17) is 19.3 Å². The molecule has 0 radical (unpaired) electrons. The smallest absolute Gasteiger partial charge is 0.307 e. The highest BCUT2D eigenvalue weighted by molar-refractivity contribution is 5.93. The number of carboxylic acids is 1. The van der Waals surface area contributed by atoms with Crippen LogP contribution in [0.25, 0.3) is 33.1 Å². The van der Waals surface area contributed by atoms with Gasteiger partial charge in [0.2, 0.25) is 0 Å². The quantitative estimate of drug-likeness (QED) is 0.355. The van der Waals surface area contributed by atoms with E-state index in [1.807, 2.05) is 48.5 Å². The number of fused-ring (bicyclic) bond motifs is 2. The van der Waals surface area contributed by atoms with Crippen LogP contribution in [0.2, 0.25) is 0 Å². The summed E-state index contributed by atoms with van der Waals surface area (Å²) < 4.78 is 17.5. The zero-order chi connectivity index (χ0) is 22.1. The Balaban J connectivity index is 1.53. The molecule has 0 aliphatic rings. The number of hydrogen-bond acceptors (Lipinski definition) is 5. The highest BCUT2D eigenvalue weighted by Crippen LogP contribution is 2.34. The van der Waals surface area contributed by atoms with Gasteiger partial charge in [0, 0.05) is 28.4 Å². The van der Waals surface area contributed by atoms with Crippen molar-refractivity contribution >= 4 is 27.9 Å². The Labute approximate surface area is 183 Å². The first-order chi connectivity index (χ1) is 15.6. The van der Waals surface area contributed by atoms with E-state index in [-0.39, 0.29) is 13.0 Å². The average molecular weight is 427 g/mol. The molecule has 0 bridgehead atoms. The molecule has 3 N–H and O–H groups in total. The minimum absolute atomic E-state index is 0.149. The van der Waals surface area contributed by atoms with E-state index in [1.165, 1.54) is 0 Å². The lowest BCUT2D eigenvalue weighted by atomic mass is 9.99. The molecule has 0 spiro atoms. The molecule has 5 rings (SSSR count). The lowest BCUT2D eigenvalue weighted by Gasteiger charge is -2.13. The summed E-state index contributed by atoms with van der Waals surface area (Å²) in [4.78, 5) is 11.3. The van der Waals surface area contributed by atoms with Gasteiger partial charge in [-0.25, -0.2) is 0 Å². The highest BCUT2D eigenvalue weighted by atomic mass is 16.5. The average Bonchev–Trinajstić information content (AvgIpc) is 3.47. The molecule has 6 nitrogen and oxygen atoms in total. The molecule has 5 aromatic rings. The van der Waals surface area contributed by atoms with Gasteiger partial charge in [0.05, 0.1) is 18.9 Å². The minimum Gasteiger partial charge on any atom is -0.485 e. The number of carboxylic acid groups (broad SMARTS) is 1. The Hall–Kier alpha value is -4.03. The Bertz CT molecular complexity index is 1430. The number of nitrogens with two attached hydrogens (primary N) is 1. The topological polar surface area (TPSA) is 98.8 Å². The number of aliphatic carboxylic acids is 1. The van der Waals surface area contributed by atoms with E-state index in [0.717, 1.165) is 38.6 Å². The van der Waals surface area contributed by atoms with Gasteiger partial charge in [-0.05, 0) is 47.0 Å². The molecule has 0 atom stereocenters. The second kappa shape index (κ2) is 8.24. The predicted molar refractivity (Wildman–Crippen MR) is 121 cm³/mol. The van der Waals surface area contributed by atoms with Gasteiger partial charge in [0.25, 0.3) is 0 Å². The van der Waals surface area contributed by atoms with Crippen LogP contribution in [0.1, 0.15) is 16.7 Å². The molecule has 160 valence electrons. The van der Waals surface area contributed by atoms with Gasteiger partial charge in [-0.3, -0.25) is 4.79 Å². The summed E-state index contributed by atoms with van der Waals surface area (Å²) in [5.41, 5.74) is 11.6. The lowest BCUT2D eigenvalue weighted by molar-refractivity contribution is -0.136. The van der Waals surface area contributed by atoms with E-state index in [0.29, 0.717) is 23.4 Å². The van der Waals surface area contributed by atoms with Crippen molar-refractivity contribution in [2.75, 3.05) is 0 Å². The Morgan fingerprint density at radius 3 is 2.53 bits per heavy atom. The second-order valence-electron chi connectivity index (χ2n) is 7.64. The van der Waals surface area contributed by atoms with Crippen LogP contribution in [0.4, 0.5) is 0 Å². The maximum atomic E-state index is 11.3. The number of ether oxygens (including phenoxy) is 1. The number of hydrogen-bond donors (Lipinski definition) is 2. The maximum absolute atomic E-state index is 11.3. The third kappa shape index (κ3) is 3.72. The highest BCUT2D eigenvalue weighted by Gasteiger charge is 2.16. The summed E-state index contributed by atoms with van der Waals surface area (Å²) in [6.45, 7) is 0.703. The van der Waals surface area contributed by atoms with E-state index in [2.05, 4.69) is 6.07 Å². The summed E-state index contributed by atoms with van der Waals surface area (Å²) in [5, 5.41) is 11.1. The summed E-state index contributed by atoms with van der Waals surface area (Å²) in [5.74, 6) is -0.475. The predicted octanol–water partition coefficient (Wildman–Crippen LogP) is 5.51. The van der Waals surface area contributed by atoms with Gasteiger partial charge in [0.1, 0.15) is 12.2 Å². The fraction of sp³-hybridized carbons (Fsp3) is 0.115. The molecule has 0 saturated carbocycles. The van der Waals surface area contributed by atoms with Crippen LogP contribution in [-0.4, -0.2) is 11.1 Å². The van der Waals surface area contributed by atoms with Crippen molar-refractivity contribution in [2.45, 2.75) is 19.6 Å². The molecule has 2 heterocycles. The number of carbonyl (C=O) groups is 1. The molecule has 32 heavy (non-hydrogen) atoms. The fourth-order valence-corrected chi connectivity index (χ4v) is 3.97. The van der Waals surface area contributed by atoms with E-state index < -0.39 is 5.97 Å². The molecule has 0 aliphatic heterocycles. The van der Waals surface area contributed by atoms with Crippen molar-refractivity contribution < 1.29 is 23.5 Å². The van der Waals surface area contributed by atoms with Crippen LogP contribution in [0.5, 0.6) is 5.75 Å². The van der Waals surface area contributed by atoms with Gasteiger partial charge in [-0.2, -0.15) is 0 Å². The first kappa shape index (κ1) is 19.9. The third-order valence-electron chi connectivity index (χ3n) is 5.47. The zero-order valence-electron chi connectivity index (χ0n) is 17.2. The number of furan rings is 2. The van der Waals surface area contributed by atoms with Gasteiger partial charge < -0.3 is 24.4 Å². The van der Waals surface area contributed by atoms with Crippen LogP contribution >= 0.6 is 0 Å². The fourth-order valence-electron chi connectivity index (χ4n) is 3.97. The van der Waals surface area contributed by atoms with Crippen LogP contribution in [0.3, 0.4) is 0 Å².